The largest absolute Gasteiger partial charge is 0.459 e. The lowest BCUT2D eigenvalue weighted by atomic mass is 10.1. The van der Waals surface area contributed by atoms with Gasteiger partial charge in [-0.15, -0.1) is 0 Å². The number of halogens is 1. The molecule has 0 aromatic heterocycles. The summed E-state index contributed by atoms with van der Waals surface area (Å²) >= 11 is 0. The van der Waals surface area contributed by atoms with Crippen LogP contribution < -0.4 is 5.73 Å². The molecule has 2 atom stereocenters. The molecule has 0 saturated heterocycles. The van der Waals surface area contributed by atoms with Gasteiger partial charge in [-0.1, -0.05) is 0 Å². The van der Waals surface area contributed by atoms with Crippen molar-refractivity contribution in [1.82, 2.24) is 0 Å². The Bertz CT molecular complexity index is 191. The molecule has 84 valence electrons. The lowest BCUT2D eigenvalue weighted by molar-refractivity contribution is -0.157. The van der Waals surface area contributed by atoms with Gasteiger partial charge in [0.25, 0.3) is 0 Å². The third kappa shape index (κ3) is 5.88. The number of carbonyl (C=O) groups excluding carboxylic acids is 1. The molecule has 5 heteroatoms. The summed E-state index contributed by atoms with van der Waals surface area (Å²) in [6, 6.07) is -0.972. The molecule has 0 bridgehead atoms. The molecule has 0 aliphatic rings. The van der Waals surface area contributed by atoms with Gasteiger partial charge in [0, 0.05) is 6.42 Å². The van der Waals surface area contributed by atoms with Crippen molar-refractivity contribution in [2.45, 2.75) is 44.9 Å². The first kappa shape index (κ1) is 13.3. The number of aliphatic hydroxyl groups excluding tert-OH is 1. The Morgan fingerprint density at radius 2 is 2.07 bits per heavy atom. The number of hydrogen-bond acceptors (Lipinski definition) is 4. The van der Waals surface area contributed by atoms with Crippen molar-refractivity contribution in [3.8, 4) is 0 Å². The molecule has 0 aliphatic carbocycles. The van der Waals surface area contributed by atoms with E-state index in [4.69, 9.17) is 15.6 Å². The van der Waals surface area contributed by atoms with Crippen LogP contribution in [0, 0.1) is 0 Å². The van der Waals surface area contributed by atoms with Crippen LogP contribution in [0.1, 0.15) is 27.2 Å². The van der Waals surface area contributed by atoms with Gasteiger partial charge in [-0.05, 0) is 20.8 Å². The van der Waals surface area contributed by atoms with Gasteiger partial charge in [0.05, 0.1) is 6.10 Å². The minimum atomic E-state index is -1.20. The van der Waals surface area contributed by atoms with Gasteiger partial charge in [0.15, 0.2) is 0 Å². The first-order chi connectivity index (χ1) is 6.26. The molecule has 0 saturated carbocycles. The molecule has 0 heterocycles. The van der Waals surface area contributed by atoms with Crippen LogP contribution in [-0.4, -0.2) is 35.5 Å². The van der Waals surface area contributed by atoms with Crippen LogP contribution in [-0.2, 0) is 9.53 Å². The number of hydrogen-bond donors (Lipinski definition) is 2. The Labute approximate surface area is 83.2 Å². The van der Waals surface area contributed by atoms with E-state index in [1.54, 1.807) is 20.8 Å². The van der Waals surface area contributed by atoms with Crippen LogP contribution in [0.15, 0.2) is 0 Å². The van der Waals surface area contributed by atoms with E-state index in [0.717, 1.165) is 0 Å². The Hall–Kier alpha value is -0.680. The number of carbonyl (C=O) groups is 1. The van der Waals surface area contributed by atoms with Gasteiger partial charge in [-0.25, -0.2) is 4.39 Å². The Kier molecular flexibility index (Phi) is 5.01. The van der Waals surface area contributed by atoms with Crippen molar-refractivity contribution in [2.75, 3.05) is 6.67 Å². The summed E-state index contributed by atoms with van der Waals surface area (Å²) in [5.74, 6) is -0.620. The predicted molar refractivity (Wildman–Crippen MR) is 50.4 cm³/mol. The summed E-state index contributed by atoms with van der Waals surface area (Å²) in [5.41, 5.74) is 4.78. The quantitative estimate of drug-likeness (QED) is 0.653. The molecule has 0 radical (unpaired) electrons. The van der Waals surface area contributed by atoms with Crippen molar-refractivity contribution >= 4 is 5.97 Å². The van der Waals surface area contributed by atoms with Crippen LogP contribution in [0.4, 0.5) is 4.39 Å². The van der Waals surface area contributed by atoms with E-state index in [0.29, 0.717) is 0 Å². The van der Waals surface area contributed by atoms with Crippen LogP contribution >= 0.6 is 0 Å². The molecule has 0 aromatic carbocycles. The molecule has 0 fully saturated rings. The highest BCUT2D eigenvalue weighted by Gasteiger charge is 2.24. The minimum absolute atomic E-state index is 0.120. The van der Waals surface area contributed by atoms with Crippen molar-refractivity contribution in [1.29, 1.82) is 0 Å². The average molecular weight is 207 g/mol. The monoisotopic (exact) mass is 207 g/mol. The zero-order chi connectivity index (χ0) is 11.4. The van der Waals surface area contributed by atoms with E-state index in [1.165, 1.54) is 0 Å². The van der Waals surface area contributed by atoms with Crippen LogP contribution in [0.3, 0.4) is 0 Å². The zero-order valence-electron chi connectivity index (χ0n) is 8.79. The smallest absolute Gasteiger partial charge is 0.323 e. The molecular weight excluding hydrogens is 189 g/mol. The maximum Gasteiger partial charge on any atom is 0.323 e. The van der Waals surface area contributed by atoms with E-state index in [2.05, 4.69) is 0 Å². The van der Waals surface area contributed by atoms with Crippen molar-refractivity contribution in [3.05, 3.63) is 0 Å². The first-order valence-corrected chi connectivity index (χ1v) is 4.48. The lowest BCUT2D eigenvalue weighted by Gasteiger charge is -2.22. The number of alkyl halides is 1. The summed E-state index contributed by atoms with van der Waals surface area (Å²) < 4.78 is 16.8. The third-order valence-electron chi connectivity index (χ3n) is 1.41. The number of esters is 1. The second-order valence-corrected chi connectivity index (χ2v) is 4.18. The standard InChI is InChI=1S/C9H18FNO3/c1-9(2,3)14-8(13)7(11)4-6(12)5-10/h6-7,12H,4-5,11H2,1-3H3. The average Bonchev–Trinajstić information content (AvgIpc) is 2.00. The molecule has 0 rings (SSSR count). The fraction of sp³-hybridized carbons (Fsp3) is 0.889. The number of aliphatic hydroxyl groups is 1. The predicted octanol–water partition coefficient (Wildman–Crippen LogP) is 0.376. The highest BCUT2D eigenvalue weighted by Crippen LogP contribution is 2.09. The normalized spacial score (nSPS) is 16.1. The Morgan fingerprint density at radius 1 is 1.57 bits per heavy atom. The van der Waals surface area contributed by atoms with Gasteiger partial charge >= 0.3 is 5.97 Å². The number of nitrogens with two attached hydrogens (primary N) is 1. The maximum absolute atomic E-state index is 11.9. The fourth-order valence-electron chi connectivity index (χ4n) is 0.830. The zero-order valence-corrected chi connectivity index (χ0v) is 8.79. The van der Waals surface area contributed by atoms with Gasteiger partial charge in [0.2, 0.25) is 0 Å². The summed E-state index contributed by atoms with van der Waals surface area (Å²) in [6.07, 6.45) is -1.32. The number of ether oxygens (including phenoxy) is 1. The van der Waals surface area contributed by atoms with Gasteiger partial charge in [-0.3, -0.25) is 4.79 Å². The second kappa shape index (κ2) is 5.26. The molecule has 0 aliphatic heterocycles. The van der Waals surface area contributed by atoms with Gasteiger partial charge in [0.1, 0.15) is 18.3 Å². The molecule has 14 heavy (non-hydrogen) atoms. The summed E-state index contributed by atoms with van der Waals surface area (Å²) in [7, 11) is 0. The van der Waals surface area contributed by atoms with Crippen LogP contribution in [0.25, 0.3) is 0 Å². The van der Waals surface area contributed by atoms with E-state index < -0.39 is 30.4 Å². The topological polar surface area (TPSA) is 72.5 Å². The van der Waals surface area contributed by atoms with E-state index in [1.807, 2.05) is 0 Å². The molecule has 0 aromatic rings. The highest BCUT2D eigenvalue weighted by atomic mass is 19.1. The third-order valence-corrected chi connectivity index (χ3v) is 1.41. The fourth-order valence-corrected chi connectivity index (χ4v) is 0.830. The van der Waals surface area contributed by atoms with E-state index in [-0.39, 0.29) is 6.42 Å². The first-order valence-electron chi connectivity index (χ1n) is 4.48. The van der Waals surface area contributed by atoms with E-state index in [9.17, 15) is 9.18 Å². The summed E-state index contributed by atoms with van der Waals surface area (Å²) in [5, 5.41) is 8.91. The molecule has 2 unspecified atom stereocenters. The van der Waals surface area contributed by atoms with Crippen LogP contribution in [0.2, 0.25) is 0 Å². The van der Waals surface area contributed by atoms with Crippen molar-refractivity contribution in [2.24, 2.45) is 5.73 Å². The summed E-state index contributed by atoms with van der Waals surface area (Å²) in [6.45, 7) is 4.23. The molecule has 3 N–H and O–H groups in total. The number of rotatable bonds is 4. The molecule has 0 amide bonds. The van der Waals surface area contributed by atoms with Gasteiger partial charge in [-0.2, -0.15) is 0 Å². The second-order valence-electron chi connectivity index (χ2n) is 4.18. The lowest BCUT2D eigenvalue weighted by Crippen LogP contribution is -2.39. The minimum Gasteiger partial charge on any atom is -0.459 e. The van der Waals surface area contributed by atoms with E-state index >= 15 is 0 Å². The molecular formula is C9H18FNO3. The Balaban J connectivity index is 4.00. The van der Waals surface area contributed by atoms with Crippen LogP contribution in [0.5, 0.6) is 0 Å². The molecule has 0 spiro atoms. The summed E-state index contributed by atoms with van der Waals surface area (Å²) in [4.78, 5) is 11.2. The Morgan fingerprint density at radius 3 is 2.43 bits per heavy atom. The highest BCUT2D eigenvalue weighted by molar-refractivity contribution is 5.75. The maximum atomic E-state index is 11.9. The van der Waals surface area contributed by atoms with Crippen molar-refractivity contribution in [3.63, 3.8) is 0 Å². The molecule has 4 nitrogen and oxygen atoms in total. The van der Waals surface area contributed by atoms with Gasteiger partial charge < -0.3 is 15.6 Å². The van der Waals surface area contributed by atoms with Crippen molar-refractivity contribution < 1.29 is 19.0 Å². The SMILES string of the molecule is CC(C)(C)OC(=O)C(N)CC(O)CF.